The third kappa shape index (κ3) is 2.88. The van der Waals surface area contributed by atoms with Crippen LogP contribution in [0.15, 0.2) is 24.3 Å². The lowest BCUT2D eigenvalue weighted by Gasteiger charge is -2.21. The largest absolute Gasteiger partial charge is 0.397 e. The summed E-state index contributed by atoms with van der Waals surface area (Å²) in [6.07, 6.45) is 0.576. The first-order valence-corrected chi connectivity index (χ1v) is 6.31. The SMILES string of the molecule is CCC(C)(O)CNC(=O)c1cc2cccc(N)c2[nH]1. The van der Waals surface area contributed by atoms with E-state index in [1.54, 1.807) is 19.1 Å². The summed E-state index contributed by atoms with van der Waals surface area (Å²) in [6, 6.07) is 7.26. The molecule has 1 heterocycles. The van der Waals surface area contributed by atoms with Crippen LogP contribution in [-0.2, 0) is 0 Å². The van der Waals surface area contributed by atoms with E-state index in [0.29, 0.717) is 17.8 Å². The van der Waals surface area contributed by atoms with Crippen molar-refractivity contribution in [3.63, 3.8) is 0 Å². The number of aliphatic hydroxyl groups is 1. The normalized spacial score (nSPS) is 14.3. The maximum absolute atomic E-state index is 12.0. The van der Waals surface area contributed by atoms with Crippen LogP contribution in [0.25, 0.3) is 10.9 Å². The van der Waals surface area contributed by atoms with Gasteiger partial charge in [0.2, 0.25) is 0 Å². The lowest BCUT2D eigenvalue weighted by atomic mass is 10.0. The summed E-state index contributed by atoms with van der Waals surface area (Å²) in [4.78, 5) is 15.0. The Bertz CT molecular complexity index is 602. The predicted octanol–water partition coefficient (Wildman–Crippen LogP) is 1.64. The first-order valence-electron chi connectivity index (χ1n) is 6.31. The molecule has 2 rings (SSSR count). The number of carbonyl (C=O) groups excluding carboxylic acids is 1. The Hall–Kier alpha value is -2.01. The molecule has 0 spiro atoms. The number of fused-ring (bicyclic) bond motifs is 1. The summed E-state index contributed by atoms with van der Waals surface area (Å²) >= 11 is 0. The maximum Gasteiger partial charge on any atom is 0.267 e. The standard InChI is InChI=1S/C14H19N3O2/c1-3-14(2,19)8-16-13(18)11-7-9-5-4-6-10(15)12(9)17-11/h4-7,17,19H,3,8,15H2,1-2H3,(H,16,18). The number of aromatic nitrogens is 1. The zero-order valence-corrected chi connectivity index (χ0v) is 11.2. The van der Waals surface area contributed by atoms with Crippen molar-refractivity contribution in [3.8, 4) is 0 Å². The van der Waals surface area contributed by atoms with Crippen LogP contribution >= 0.6 is 0 Å². The molecule has 1 aromatic heterocycles. The molecule has 0 aliphatic rings. The van der Waals surface area contributed by atoms with Gasteiger partial charge in [-0.1, -0.05) is 19.1 Å². The molecule has 0 fully saturated rings. The molecule has 0 bridgehead atoms. The highest BCUT2D eigenvalue weighted by Gasteiger charge is 2.19. The van der Waals surface area contributed by atoms with Gasteiger partial charge in [-0.05, 0) is 25.5 Å². The van der Waals surface area contributed by atoms with E-state index < -0.39 is 5.60 Å². The molecule has 0 aliphatic heterocycles. The number of carbonyl (C=O) groups is 1. The Balaban J connectivity index is 2.16. The molecule has 1 atom stereocenters. The van der Waals surface area contributed by atoms with Crippen LogP contribution in [0.1, 0.15) is 30.8 Å². The number of amides is 1. The number of hydrogen-bond donors (Lipinski definition) is 4. The van der Waals surface area contributed by atoms with Crippen LogP contribution in [0.4, 0.5) is 5.69 Å². The van der Waals surface area contributed by atoms with Gasteiger partial charge in [-0.15, -0.1) is 0 Å². The lowest BCUT2D eigenvalue weighted by molar-refractivity contribution is 0.0517. The third-order valence-corrected chi connectivity index (χ3v) is 3.32. The van der Waals surface area contributed by atoms with Gasteiger partial charge in [0.1, 0.15) is 5.69 Å². The number of benzene rings is 1. The molecule has 2 aromatic rings. The van der Waals surface area contributed by atoms with Gasteiger partial charge < -0.3 is 21.1 Å². The predicted molar refractivity (Wildman–Crippen MR) is 76.0 cm³/mol. The number of nitrogens with two attached hydrogens (primary N) is 1. The second-order valence-electron chi connectivity index (χ2n) is 5.03. The molecule has 0 saturated heterocycles. The minimum atomic E-state index is -0.888. The van der Waals surface area contributed by atoms with Crippen LogP contribution in [0.2, 0.25) is 0 Å². The van der Waals surface area contributed by atoms with Gasteiger partial charge in [0.15, 0.2) is 0 Å². The number of nitrogen functional groups attached to an aromatic ring is 1. The molecule has 5 N–H and O–H groups in total. The number of hydrogen-bond acceptors (Lipinski definition) is 3. The van der Waals surface area contributed by atoms with Crippen molar-refractivity contribution in [2.45, 2.75) is 25.9 Å². The van der Waals surface area contributed by atoms with Crippen molar-refractivity contribution >= 4 is 22.5 Å². The first kappa shape index (κ1) is 13.4. The van der Waals surface area contributed by atoms with Gasteiger partial charge in [0.05, 0.1) is 16.8 Å². The second-order valence-corrected chi connectivity index (χ2v) is 5.03. The van der Waals surface area contributed by atoms with E-state index >= 15 is 0 Å². The second kappa shape index (κ2) is 4.93. The molecule has 0 aliphatic carbocycles. The van der Waals surface area contributed by atoms with Crippen molar-refractivity contribution in [2.75, 3.05) is 12.3 Å². The van der Waals surface area contributed by atoms with Gasteiger partial charge in [-0.25, -0.2) is 0 Å². The van der Waals surface area contributed by atoms with Gasteiger partial charge in [0.25, 0.3) is 5.91 Å². The third-order valence-electron chi connectivity index (χ3n) is 3.32. The fourth-order valence-corrected chi connectivity index (χ4v) is 1.79. The fourth-order valence-electron chi connectivity index (χ4n) is 1.79. The smallest absolute Gasteiger partial charge is 0.267 e. The number of anilines is 1. The topological polar surface area (TPSA) is 91.1 Å². The van der Waals surface area contributed by atoms with E-state index in [0.717, 1.165) is 10.9 Å². The minimum absolute atomic E-state index is 0.215. The average molecular weight is 261 g/mol. The quantitative estimate of drug-likeness (QED) is 0.630. The van der Waals surface area contributed by atoms with E-state index in [2.05, 4.69) is 10.3 Å². The summed E-state index contributed by atoms with van der Waals surface area (Å²) in [5.74, 6) is -0.246. The van der Waals surface area contributed by atoms with Crippen molar-refractivity contribution in [1.82, 2.24) is 10.3 Å². The molecular formula is C14H19N3O2. The zero-order chi connectivity index (χ0) is 14.0. The Morgan fingerprint density at radius 2 is 2.26 bits per heavy atom. The zero-order valence-electron chi connectivity index (χ0n) is 11.2. The van der Waals surface area contributed by atoms with Crippen LogP contribution in [0, 0.1) is 0 Å². The summed E-state index contributed by atoms with van der Waals surface area (Å²) < 4.78 is 0. The molecule has 19 heavy (non-hydrogen) atoms. The van der Waals surface area contributed by atoms with Crippen LogP contribution in [-0.4, -0.2) is 28.1 Å². The highest BCUT2D eigenvalue weighted by atomic mass is 16.3. The van der Waals surface area contributed by atoms with Gasteiger partial charge in [0, 0.05) is 11.9 Å². The van der Waals surface area contributed by atoms with E-state index in [4.69, 9.17) is 5.73 Å². The molecular weight excluding hydrogens is 242 g/mol. The monoisotopic (exact) mass is 261 g/mol. The number of nitrogens with one attached hydrogen (secondary N) is 2. The number of aromatic amines is 1. The molecule has 5 nitrogen and oxygen atoms in total. The van der Waals surface area contributed by atoms with Crippen LogP contribution in [0.5, 0.6) is 0 Å². The van der Waals surface area contributed by atoms with Crippen molar-refractivity contribution in [2.24, 2.45) is 0 Å². The van der Waals surface area contributed by atoms with Crippen molar-refractivity contribution in [1.29, 1.82) is 0 Å². The maximum atomic E-state index is 12.0. The Labute approximate surface area is 111 Å². The van der Waals surface area contributed by atoms with E-state index in [1.807, 2.05) is 19.1 Å². The molecule has 1 unspecified atom stereocenters. The van der Waals surface area contributed by atoms with E-state index in [-0.39, 0.29) is 12.5 Å². The molecule has 5 heteroatoms. The number of para-hydroxylation sites is 1. The number of rotatable bonds is 4. The first-order chi connectivity index (χ1) is 8.93. The average Bonchev–Trinajstić information content (AvgIpc) is 2.81. The summed E-state index contributed by atoms with van der Waals surface area (Å²) in [7, 11) is 0. The molecule has 0 radical (unpaired) electrons. The highest BCUT2D eigenvalue weighted by Crippen LogP contribution is 2.21. The minimum Gasteiger partial charge on any atom is -0.397 e. The Morgan fingerprint density at radius 3 is 2.89 bits per heavy atom. The Kier molecular flexibility index (Phi) is 3.48. The summed E-state index contributed by atoms with van der Waals surface area (Å²) in [5, 5.41) is 13.5. The number of H-pyrrole nitrogens is 1. The Morgan fingerprint density at radius 1 is 1.53 bits per heavy atom. The molecule has 1 aromatic carbocycles. The highest BCUT2D eigenvalue weighted by molar-refractivity contribution is 6.00. The lowest BCUT2D eigenvalue weighted by Crippen LogP contribution is -2.40. The van der Waals surface area contributed by atoms with Gasteiger partial charge in [-0.3, -0.25) is 4.79 Å². The fraction of sp³-hybridized carbons (Fsp3) is 0.357. The summed E-state index contributed by atoms with van der Waals surface area (Å²) in [5.41, 5.74) is 6.76. The van der Waals surface area contributed by atoms with Gasteiger partial charge in [-0.2, -0.15) is 0 Å². The molecule has 0 saturated carbocycles. The van der Waals surface area contributed by atoms with Crippen LogP contribution < -0.4 is 11.1 Å². The molecule has 1 amide bonds. The van der Waals surface area contributed by atoms with E-state index in [9.17, 15) is 9.90 Å². The van der Waals surface area contributed by atoms with E-state index in [1.165, 1.54) is 0 Å². The summed E-state index contributed by atoms with van der Waals surface area (Å²) in [6.45, 7) is 3.78. The molecule has 102 valence electrons. The van der Waals surface area contributed by atoms with Crippen molar-refractivity contribution < 1.29 is 9.90 Å². The van der Waals surface area contributed by atoms with Gasteiger partial charge >= 0.3 is 0 Å². The van der Waals surface area contributed by atoms with Crippen LogP contribution in [0.3, 0.4) is 0 Å². The van der Waals surface area contributed by atoms with Crippen molar-refractivity contribution in [3.05, 3.63) is 30.0 Å².